The summed E-state index contributed by atoms with van der Waals surface area (Å²) in [4.78, 5) is 46.3. The molecule has 4 atom stereocenters. The molecule has 33 heavy (non-hydrogen) atoms. The second-order valence-corrected chi connectivity index (χ2v) is 10.2. The van der Waals surface area contributed by atoms with Crippen LogP contribution in [0, 0.1) is 0 Å². The lowest BCUT2D eigenvalue weighted by Crippen LogP contribution is -2.53. The van der Waals surface area contributed by atoms with Gasteiger partial charge in [-0.3, -0.25) is 19.4 Å². The molecule has 5 rings (SSSR count). The van der Waals surface area contributed by atoms with E-state index < -0.39 is 23.6 Å². The summed E-state index contributed by atoms with van der Waals surface area (Å²) >= 11 is 7.75. The lowest BCUT2D eigenvalue weighted by molar-refractivity contribution is -0.137. The summed E-state index contributed by atoms with van der Waals surface area (Å²) in [5.41, 5.74) is 1.82. The lowest BCUT2D eigenvalue weighted by Gasteiger charge is -2.30. The monoisotopic (exact) mass is 485 g/mol. The summed E-state index contributed by atoms with van der Waals surface area (Å²) in [5.74, 6) is -0.747. The number of thiophene rings is 1. The first kappa shape index (κ1) is 22.3. The summed E-state index contributed by atoms with van der Waals surface area (Å²) in [7, 11) is 0. The molecule has 2 fully saturated rings. The Kier molecular flexibility index (Phi) is 6.32. The zero-order valence-corrected chi connectivity index (χ0v) is 19.5. The fourth-order valence-electron chi connectivity index (χ4n) is 4.75. The predicted molar refractivity (Wildman–Crippen MR) is 125 cm³/mol. The van der Waals surface area contributed by atoms with Crippen LogP contribution in [-0.2, 0) is 14.3 Å². The number of allylic oxidation sites excluding steroid dienone is 1. The highest BCUT2D eigenvalue weighted by molar-refractivity contribution is 7.17. The normalized spacial score (nSPS) is 25.5. The quantitative estimate of drug-likeness (QED) is 0.519. The van der Waals surface area contributed by atoms with Crippen molar-refractivity contribution in [2.75, 3.05) is 13.2 Å². The first-order valence-electron chi connectivity index (χ1n) is 11.1. The van der Waals surface area contributed by atoms with Crippen LogP contribution in [0.5, 0.6) is 0 Å². The third-order valence-electron chi connectivity index (χ3n) is 6.40. The van der Waals surface area contributed by atoms with Crippen LogP contribution >= 0.6 is 22.9 Å². The standard InChI is InChI=1S/C24H24ClN3O4S/c25-16-12-28(21-17(29)13-32-22(16)21)24(31)20(14-5-2-1-3-6-14)27-23(30)19-9-8-18(33-19)15-7-4-10-26-11-15/h4-5,7-11,16,20-22H,1-3,6,12-13H2,(H,27,30)/t16-,20-,21+,22+/m0/s1. The molecule has 2 aromatic rings. The molecule has 2 aliphatic heterocycles. The van der Waals surface area contributed by atoms with Crippen molar-refractivity contribution < 1.29 is 19.1 Å². The number of ketones is 1. The molecule has 0 spiro atoms. The fraction of sp³-hybridized carbons (Fsp3) is 0.417. The Bertz CT molecular complexity index is 1100. The smallest absolute Gasteiger partial charge is 0.262 e. The van der Waals surface area contributed by atoms with Crippen molar-refractivity contribution in [2.45, 2.75) is 49.2 Å². The van der Waals surface area contributed by atoms with Gasteiger partial charge in [-0.05, 0) is 49.5 Å². The van der Waals surface area contributed by atoms with Crippen LogP contribution in [0.2, 0.25) is 0 Å². The Morgan fingerprint density at radius 1 is 1.27 bits per heavy atom. The number of ether oxygens (including phenoxy) is 1. The zero-order valence-electron chi connectivity index (χ0n) is 17.9. The molecule has 2 amide bonds. The fourth-order valence-corrected chi connectivity index (χ4v) is 6.01. The van der Waals surface area contributed by atoms with Crippen LogP contribution in [0.1, 0.15) is 35.4 Å². The molecule has 0 bridgehead atoms. The van der Waals surface area contributed by atoms with E-state index in [9.17, 15) is 14.4 Å². The molecule has 7 nitrogen and oxygen atoms in total. The molecular weight excluding hydrogens is 462 g/mol. The molecule has 0 aromatic carbocycles. The van der Waals surface area contributed by atoms with Gasteiger partial charge in [-0.25, -0.2) is 0 Å². The summed E-state index contributed by atoms with van der Waals surface area (Å²) in [5, 5.41) is 2.51. The van der Waals surface area contributed by atoms with E-state index >= 15 is 0 Å². The average Bonchev–Trinajstić information content (AvgIpc) is 3.56. The van der Waals surface area contributed by atoms with Gasteiger partial charge in [0, 0.05) is 29.4 Å². The minimum atomic E-state index is -0.822. The number of hydrogen-bond donors (Lipinski definition) is 1. The highest BCUT2D eigenvalue weighted by Gasteiger charge is 2.53. The Balaban J connectivity index is 1.39. The Morgan fingerprint density at radius 2 is 2.15 bits per heavy atom. The van der Waals surface area contributed by atoms with Crippen molar-refractivity contribution in [3.05, 3.63) is 53.2 Å². The predicted octanol–water partition coefficient (Wildman–Crippen LogP) is 3.20. The van der Waals surface area contributed by atoms with E-state index in [1.807, 2.05) is 24.3 Å². The summed E-state index contributed by atoms with van der Waals surface area (Å²) in [6.07, 6.45) is 8.63. The van der Waals surface area contributed by atoms with Gasteiger partial charge >= 0.3 is 0 Å². The third-order valence-corrected chi connectivity index (χ3v) is 7.92. The van der Waals surface area contributed by atoms with Crippen molar-refractivity contribution >= 4 is 40.5 Å². The topological polar surface area (TPSA) is 88.6 Å². The van der Waals surface area contributed by atoms with Gasteiger partial charge in [0.15, 0.2) is 5.78 Å². The van der Waals surface area contributed by atoms with Gasteiger partial charge in [-0.2, -0.15) is 0 Å². The van der Waals surface area contributed by atoms with Crippen molar-refractivity contribution in [3.8, 4) is 10.4 Å². The maximum Gasteiger partial charge on any atom is 0.262 e. The number of nitrogens with zero attached hydrogens (tertiary/aromatic N) is 2. The van der Waals surface area contributed by atoms with E-state index in [1.54, 1.807) is 18.5 Å². The number of fused-ring (bicyclic) bond motifs is 1. The molecule has 9 heteroatoms. The van der Waals surface area contributed by atoms with E-state index in [0.29, 0.717) is 4.88 Å². The molecule has 0 radical (unpaired) electrons. The van der Waals surface area contributed by atoms with Gasteiger partial charge in [-0.15, -0.1) is 22.9 Å². The molecule has 0 saturated carbocycles. The summed E-state index contributed by atoms with van der Waals surface area (Å²) < 4.78 is 5.52. The average molecular weight is 486 g/mol. The number of likely N-dealkylation sites (tertiary alicyclic amines) is 1. The van der Waals surface area contributed by atoms with Gasteiger partial charge < -0.3 is 15.0 Å². The van der Waals surface area contributed by atoms with Gasteiger partial charge in [0.2, 0.25) is 5.91 Å². The third kappa shape index (κ3) is 4.35. The van der Waals surface area contributed by atoms with Gasteiger partial charge in [0.1, 0.15) is 24.8 Å². The van der Waals surface area contributed by atoms with Crippen molar-refractivity contribution in [1.29, 1.82) is 0 Å². The van der Waals surface area contributed by atoms with Gasteiger partial charge in [-0.1, -0.05) is 12.1 Å². The molecule has 2 aromatic heterocycles. The number of amides is 2. The minimum Gasteiger partial charge on any atom is -0.366 e. The Morgan fingerprint density at radius 3 is 2.91 bits per heavy atom. The number of aromatic nitrogens is 1. The van der Waals surface area contributed by atoms with Crippen molar-refractivity contribution in [3.63, 3.8) is 0 Å². The highest BCUT2D eigenvalue weighted by Crippen LogP contribution is 2.33. The van der Waals surface area contributed by atoms with Crippen LogP contribution in [0.15, 0.2) is 48.3 Å². The number of nitrogens with one attached hydrogen (secondary N) is 1. The first-order valence-corrected chi connectivity index (χ1v) is 12.4. The number of rotatable bonds is 5. The van der Waals surface area contributed by atoms with E-state index in [1.165, 1.54) is 16.2 Å². The summed E-state index contributed by atoms with van der Waals surface area (Å²) in [6.45, 7) is 0.194. The molecule has 1 N–H and O–H groups in total. The molecule has 172 valence electrons. The van der Waals surface area contributed by atoms with Crippen LogP contribution in [0.4, 0.5) is 0 Å². The van der Waals surface area contributed by atoms with Gasteiger partial charge in [0.05, 0.1) is 10.3 Å². The Labute approximate surface area is 200 Å². The Hall–Kier alpha value is -2.55. The molecule has 0 unspecified atom stereocenters. The second-order valence-electron chi connectivity index (χ2n) is 8.53. The molecule has 1 aliphatic carbocycles. The first-order chi connectivity index (χ1) is 16.0. The summed E-state index contributed by atoms with van der Waals surface area (Å²) in [6, 6.07) is 5.92. The number of Topliss-reactive ketones (excluding diaryl/α,β-unsaturated/α-hetero) is 1. The largest absolute Gasteiger partial charge is 0.366 e. The van der Waals surface area contributed by atoms with E-state index in [0.717, 1.165) is 41.7 Å². The molecular formula is C24H24ClN3O4S. The molecule has 2 saturated heterocycles. The molecule has 4 heterocycles. The number of pyridine rings is 1. The number of carbonyl (C=O) groups excluding carboxylic acids is 3. The van der Waals surface area contributed by atoms with E-state index in [2.05, 4.69) is 10.3 Å². The van der Waals surface area contributed by atoms with Crippen molar-refractivity contribution in [1.82, 2.24) is 15.2 Å². The number of halogens is 1. The SMILES string of the molecule is O=C(N[C@H](C(=O)N1C[C@H](Cl)[C@H]2OCC(=O)[C@H]21)C1=CCCCC1)c1ccc(-c2cccnc2)s1. The molecule has 3 aliphatic rings. The maximum atomic E-state index is 13.7. The number of alkyl halides is 1. The second kappa shape index (κ2) is 9.37. The maximum absolute atomic E-state index is 13.7. The van der Waals surface area contributed by atoms with Crippen LogP contribution in [-0.4, -0.2) is 64.2 Å². The van der Waals surface area contributed by atoms with E-state index in [-0.39, 0.29) is 30.7 Å². The minimum absolute atomic E-state index is 0.0334. The van der Waals surface area contributed by atoms with Crippen LogP contribution in [0.25, 0.3) is 10.4 Å². The number of hydrogen-bond acceptors (Lipinski definition) is 6. The zero-order chi connectivity index (χ0) is 22.9. The van der Waals surface area contributed by atoms with Crippen LogP contribution in [0.3, 0.4) is 0 Å². The number of carbonyl (C=O) groups is 3. The lowest BCUT2D eigenvalue weighted by atomic mass is 9.92. The van der Waals surface area contributed by atoms with Crippen molar-refractivity contribution in [2.24, 2.45) is 0 Å². The van der Waals surface area contributed by atoms with E-state index in [4.69, 9.17) is 16.3 Å². The van der Waals surface area contributed by atoms with Crippen LogP contribution < -0.4 is 5.32 Å². The van der Waals surface area contributed by atoms with Gasteiger partial charge in [0.25, 0.3) is 5.91 Å². The highest BCUT2D eigenvalue weighted by atomic mass is 35.5.